The molecule has 6 heteroatoms. The fourth-order valence-corrected chi connectivity index (χ4v) is 3.01. The number of rotatable bonds is 4. The molecule has 0 spiro atoms. The molecule has 0 atom stereocenters. The SMILES string of the molecule is O=c1[nH]cnc2ccc(NC(=S)NCCC3=CCCCC3)cc12. The quantitative estimate of drug-likeness (QED) is 0.594. The number of benzene rings is 1. The number of hydrogen-bond donors (Lipinski definition) is 3. The molecule has 1 heterocycles. The van der Waals surface area contributed by atoms with Crippen molar-refractivity contribution in [2.75, 3.05) is 11.9 Å². The first kappa shape index (κ1) is 15.7. The number of nitrogens with zero attached hydrogens (tertiary/aromatic N) is 1. The van der Waals surface area contributed by atoms with E-state index in [1.165, 1.54) is 37.6 Å². The van der Waals surface area contributed by atoms with E-state index in [2.05, 4.69) is 26.7 Å². The third-order valence-electron chi connectivity index (χ3n) is 4.02. The van der Waals surface area contributed by atoms with E-state index in [1.54, 1.807) is 6.07 Å². The smallest absolute Gasteiger partial charge is 0.258 e. The maximum atomic E-state index is 11.8. The highest BCUT2D eigenvalue weighted by molar-refractivity contribution is 7.80. The molecule has 1 aromatic heterocycles. The minimum absolute atomic E-state index is 0.151. The van der Waals surface area contributed by atoms with Gasteiger partial charge in [0, 0.05) is 12.2 Å². The van der Waals surface area contributed by atoms with Crippen LogP contribution in [0.5, 0.6) is 0 Å². The summed E-state index contributed by atoms with van der Waals surface area (Å²) in [7, 11) is 0. The third-order valence-corrected chi connectivity index (χ3v) is 4.26. The van der Waals surface area contributed by atoms with Crippen LogP contribution in [0, 0.1) is 0 Å². The van der Waals surface area contributed by atoms with Crippen LogP contribution in [0.25, 0.3) is 10.9 Å². The van der Waals surface area contributed by atoms with Crippen molar-refractivity contribution in [3.63, 3.8) is 0 Å². The summed E-state index contributed by atoms with van der Waals surface area (Å²) in [6.07, 6.45) is 9.82. The molecule has 0 amide bonds. The van der Waals surface area contributed by atoms with Gasteiger partial charge in [-0.2, -0.15) is 0 Å². The molecule has 23 heavy (non-hydrogen) atoms. The lowest BCUT2D eigenvalue weighted by Gasteiger charge is -2.14. The van der Waals surface area contributed by atoms with Crippen LogP contribution in [0.3, 0.4) is 0 Å². The van der Waals surface area contributed by atoms with Crippen LogP contribution in [0.15, 0.2) is 41.0 Å². The van der Waals surface area contributed by atoms with Gasteiger partial charge in [0.15, 0.2) is 5.11 Å². The first-order chi connectivity index (χ1) is 11.2. The summed E-state index contributed by atoms with van der Waals surface area (Å²) in [4.78, 5) is 18.5. The zero-order valence-electron chi connectivity index (χ0n) is 12.9. The normalized spacial score (nSPS) is 14.3. The Labute approximate surface area is 140 Å². The van der Waals surface area contributed by atoms with E-state index in [0.29, 0.717) is 16.0 Å². The molecule has 5 nitrogen and oxygen atoms in total. The highest BCUT2D eigenvalue weighted by atomic mass is 32.1. The van der Waals surface area contributed by atoms with Gasteiger partial charge in [-0.3, -0.25) is 4.79 Å². The van der Waals surface area contributed by atoms with E-state index < -0.39 is 0 Å². The number of anilines is 1. The summed E-state index contributed by atoms with van der Waals surface area (Å²) in [6, 6.07) is 5.44. The van der Waals surface area contributed by atoms with Crippen molar-refractivity contribution in [1.29, 1.82) is 0 Å². The standard InChI is InChI=1S/C17H20N4OS/c22-16-14-10-13(6-7-15(14)19-11-20-16)21-17(23)18-9-8-12-4-2-1-3-5-12/h4,6-7,10-11H,1-3,5,8-9H2,(H2,18,21,23)(H,19,20,22). The summed E-state index contributed by atoms with van der Waals surface area (Å²) in [5.41, 5.74) is 2.82. The second-order valence-corrected chi connectivity index (χ2v) is 6.11. The first-order valence-corrected chi connectivity index (χ1v) is 8.33. The van der Waals surface area contributed by atoms with Crippen molar-refractivity contribution in [2.45, 2.75) is 32.1 Å². The Morgan fingerprint density at radius 1 is 1.35 bits per heavy atom. The lowest BCUT2D eigenvalue weighted by molar-refractivity contribution is 0.669. The second-order valence-electron chi connectivity index (χ2n) is 5.70. The Hall–Kier alpha value is -2.21. The number of H-pyrrole nitrogens is 1. The lowest BCUT2D eigenvalue weighted by Crippen LogP contribution is -2.29. The van der Waals surface area contributed by atoms with Gasteiger partial charge in [0.2, 0.25) is 0 Å². The zero-order valence-corrected chi connectivity index (χ0v) is 13.7. The van der Waals surface area contributed by atoms with Crippen LogP contribution in [-0.4, -0.2) is 21.6 Å². The van der Waals surface area contributed by atoms with E-state index >= 15 is 0 Å². The van der Waals surface area contributed by atoms with Crippen LogP contribution in [-0.2, 0) is 0 Å². The van der Waals surface area contributed by atoms with Gasteiger partial charge >= 0.3 is 0 Å². The van der Waals surface area contributed by atoms with Gasteiger partial charge in [-0.1, -0.05) is 11.6 Å². The lowest BCUT2D eigenvalue weighted by atomic mass is 9.97. The van der Waals surface area contributed by atoms with Crippen molar-refractivity contribution < 1.29 is 0 Å². The summed E-state index contributed by atoms with van der Waals surface area (Å²) < 4.78 is 0. The second kappa shape index (κ2) is 7.37. The third kappa shape index (κ3) is 4.16. The minimum Gasteiger partial charge on any atom is -0.362 e. The predicted molar refractivity (Wildman–Crippen MR) is 97.8 cm³/mol. The van der Waals surface area contributed by atoms with Gasteiger partial charge in [-0.25, -0.2) is 4.98 Å². The van der Waals surface area contributed by atoms with E-state index in [0.717, 1.165) is 18.7 Å². The zero-order chi connectivity index (χ0) is 16.1. The minimum atomic E-state index is -0.151. The van der Waals surface area contributed by atoms with Crippen molar-refractivity contribution in [1.82, 2.24) is 15.3 Å². The Balaban J connectivity index is 1.56. The topological polar surface area (TPSA) is 69.8 Å². The van der Waals surface area contributed by atoms with Crippen LogP contribution >= 0.6 is 12.2 Å². The van der Waals surface area contributed by atoms with Crippen molar-refractivity contribution in [3.8, 4) is 0 Å². The van der Waals surface area contributed by atoms with Gasteiger partial charge in [0.1, 0.15) is 0 Å². The molecule has 0 saturated carbocycles. The Morgan fingerprint density at radius 2 is 2.26 bits per heavy atom. The average Bonchev–Trinajstić information content (AvgIpc) is 2.57. The fourth-order valence-electron chi connectivity index (χ4n) is 2.79. The Bertz CT molecular complexity index is 797. The van der Waals surface area contributed by atoms with Gasteiger partial charge in [0.05, 0.1) is 17.2 Å². The fraction of sp³-hybridized carbons (Fsp3) is 0.353. The number of aromatic amines is 1. The van der Waals surface area contributed by atoms with E-state index in [4.69, 9.17) is 12.2 Å². The molecular formula is C17H20N4OS. The van der Waals surface area contributed by atoms with Gasteiger partial charge < -0.3 is 15.6 Å². The molecule has 0 aliphatic heterocycles. The molecule has 1 aliphatic carbocycles. The van der Waals surface area contributed by atoms with Crippen molar-refractivity contribution in [3.05, 3.63) is 46.5 Å². The molecule has 0 unspecified atom stereocenters. The number of allylic oxidation sites excluding steroid dienone is 1. The van der Waals surface area contributed by atoms with Crippen molar-refractivity contribution >= 4 is 33.9 Å². The maximum absolute atomic E-state index is 11.8. The molecule has 2 aromatic rings. The number of hydrogen-bond acceptors (Lipinski definition) is 3. The van der Waals surface area contributed by atoms with Gasteiger partial charge in [-0.15, -0.1) is 0 Å². The van der Waals surface area contributed by atoms with E-state index in [-0.39, 0.29) is 5.56 Å². The largest absolute Gasteiger partial charge is 0.362 e. The molecule has 3 rings (SSSR count). The highest BCUT2D eigenvalue weighted by Crippen LogP contribution is 2.19. The molecule has 1 aromatic carbocycles. The number of thiocarbonyl (C=S) groups is 1. The summed E-state index contributed by atoms with van der Waals surface area (Å²) in [5, 5.41) is 7.46. The van der Waals surface area contributed by atoms with E-state index in [1.807, 2.05) is 12.1 Å². The maximum Gasteiger partial charge on any atom is 0.258 e. The predicted octanol–water partition coefficient (Wildman–Crippen LogP) is 3.10. The summed E-state index contributed by atoms with van der Waals surface area (Å²) >= 11 is 5.32. The van der Waals surface area contributed by atoms with Crippen LogP contribution < -0.4 is 16.2 Å². The Morgan fingerprint density at radius 3 is 3.09 bits per heavy atom. The van der Waals surface area contributed by atoms with Gasteiger partial charge in [0.25, 0.3) is 5.56 Å². The molecule has 0 bridgehead atoms. The number of fused-ring (bicyclic) bond motifs is 1. The van der Waals surface area contributed by atoms with Crippen molar-refractivity contribution in [2.24, 2.45) is 0 Å². The monoisotopic (exact) mass is 328 g/mol. The van der Waals surface area contributed by atoms with Crippen LogP contribution in [0.2, 0.25) is 0 Å². The average molecular weight is 328 g/mol. The molecular weight excluding hydrogens is 308 g/mol. The van der Waals surface area contributed by atoms with Gasteiger partial charge in [-0.05, 0) is 62.5 Å². The molecule has 120 valence electrons. The molecule has 0 radical (unpaired) electrons. The van der Waals surface area contributed by atoms with E-state index in [9.17, 15) is 4.79 Å². The first-order valence-electron chi connectivity index (χ1n) is 7.92. The highest BCUT2D eigenvalue weighted by Gasteiger charge is 2.05. The number of aromatic nitrogens is 2. The number of nitrogens with one attached hydrogen (secondary N) is 3. The Kier molecular flexibility index (Phi) is 5.02. The molecule has 3 N–H and O–H groups in total. The summed E-state index contributed by atoms with van der Waals surface area (Å²) in [6.45, 7) is 0.827. The van der Waals surface area contributed by atoms with Crippen LogP contribution in [0.4, 0.5) is 5.69 Å². The molecule has 1 aliphatic rings. The summed E-state index contributed by atoms with van der Waals surface area (Å²) in [5.74, 6) is 0. The van der Waals surface area contributed by atoms with Crippen LogP contribution in [0.1, 0.15) is 32.1 Å². The molecule has 0 saturated heterocycles. The molecule has 0 fully saturated rings.